The second-order valence-electron chi connectivity index (χ2n) is 1.53. The smallest absolute Gasteiger partial charge is 0.158 e. The maximum absolute atomic E-state index is 8.63. The molecule has 0 bridgehead atoms. The Balaban J connectivity index is 3.28. The fourth-order valence-corrected chi connectivity index (χ4v) is 0.612. The number of halogens is 3. The van der Waals surface area contributed by atoms with E-state index in [0.29, 0.717) is 6.61 Å². The van der Waals surface area contributed by atoms with Crippen molar-refractivity contribution in [2.75, 3.05) is 6.61 Å². The predicted molar refractivity (Wildman–Crippen MR) is 47.1 cm³/mol. The molecule has 0 aromatic carbocycles. The summed E-state index contributed by atoms with van der Waals surface area (Å²) < 4.78 is 4.41. The van der Waals surface area contributed by atoms with Crippen LogP contribution in [0.3, 0.4) is 0 Å². The number of aliphatic hydroxyl groups is 1. The quantitative estimate of drug-likeness (QED) is 0.622. The minimum Gasteiger partial charge on any atom is -0.368 e. The summed E-state index contributed by atoms with van der Waals surface area (Å²) in [6.45, 7) is 1.91. The average molecular weight is 327 g/mol. The first-order valence-electron chi connectivity index (χ1n) is 2.28. The van der Waals surface area contributed by atoms with Crippen molar-refractivity contribution in [3.05, 3.63) is 0 Å². The zero-order valence-electron chi connectivity index (χ0n) is 4.77. The molecule has 0 amide bonds. The van der Waals surface area contributed by atoms with E-state index in [4.69, 9.17) is 9.84 Å². The van der Waals surface area contributed by atoms with Gasteiger partial charge in [-0.1, -0.05) is 47.8 Å². The van der Waals surface area contributed by atoms with E-state index in [0.717, 1.165) is 0 Å². The molecule has 0 rings (SSSR count). The number of rotatable bonds is 2. The van der Waals surface area contributed by atoms with E-state index in [1.54, 1.807) is 6.92 Å². The summed E-state index contributed by atoms with van der Waals surface area (Å²) in [6.07, 6.45) is -0.725. The summed E-state index contributed by atoms with van der Waals surface area (Å²) in [5, 5.41) is 8.63. The van der Waals surface area contributed by atoms with Gasteiger partial charge in [-0.05, 0) is 6.92 Å². The number of hydrogen-bond donors (Lipinski definition) is 1. The van der Waals surface area contributed by atoms with Crippen LogP contribution in [0.15, 0.2) is 0 Å². The van der Waals surface area contributed by atoms with Crippen LogP contribution >= 0.6 is 47.8 Å². The summed E-state index contributed by atoms with van der Waals surface area (Å²) >= 11 is 9.61. The Morgan fingerprint density at radius 1 is 1.56 bits per heavy atom. The lowest BCUT2D eigenvalue weighted by Crippen LogP contribution is -2.16. The molecule has 1 unspecified atom stereocenters. The highest BCUT2D eigenvalue weighted by Gasteiger charge is 2.18. The second kappa shape index (κ2) is 4.28. The normalized spacial score (nSPS) is 15.7. The molecule has 0 aromatic heterocycles. The molecule has 0 aliphatic carbocycles. The Labute approximate surface area is 79.3 Å². The van der Waals surface area contributed by atoms with Gasteiger partial charge in [-0.3, -0.25) is 0 Å². The monoisotopic (exact) mass is 324 g/mol. The number of ether oxygens (including phenoxy) is 1. The Hall–Kier alpha value is 1.36. The maximum atomic E-state index is 8.63. The molecule has 0 saturated heterocycles. The van der Waals surface area contributed by atoms with E-state index in [9.17, 15) is 0 Å². The van der Waals surface area contributed by atoms with Gasteiger partial charge in [-0.25, -0.2) is 0 Å². The van der Waals surface area contributed by atoms with E-state index in [1.165, 1.54) is 0 Å². The SMILES string of the molecule is CC(O)OCC(Br)(Br)Br. The van der Waals surface area contributed by atoms with Crippen molar-refractivity contribution in [3.63, 3.8) is 0 Å². The predicted octanol–water partition coefficient (Wildman–Crippen LogP) is 2.18. The lowest BCUT2D eigenvalue weighted by molar-refractivity contribution is -0.0811. The van der Waals surface area contributed by atoms with Crippen LogP contribution in [-0.4, -0.2) is 20.1 Å². The van der Waals surface area contributed by atoms with E-state index in [-0.39, 0.29) is 0 Å². The van der Waals surface area contributed by atoms with Gasteiger partial charge in [0.15, 0.2) is 8.43 Å². The fraction of sp³-hybridized carbons (Fsp3) is 1.00. The Morgan fingerprint density at radius 3 is 2.11 bits per heavy atom. The van der Waals surface area contributed by atoms with Gasteiger partial charge in [0.05, 0.1) is 6.61 Å². The zero-order chi connectivity index (χ0) is 7.49. The van der Waals surface area contributed by atoms with Crippen molar-refractivity contribution in [3.8, 4) is 0 Å². The summed E-state index contributed by atoms with van der Waals surface area (Å²) in [5.41, 5.74) is 0. The standard InChI is InChI=1S/C4H7Br3O2/c1-3(8)9-2-4(5,6)7/h3,8H,2H2,1H3. The topological polar surface area (TPSA) is 29.5 Å². The second-order valence-corrected chi connectivity index (χ2v) is 8.78. The molecule has 2 nitrogen and oxygen atoms in total. The van der Waals surface area contributed by atoms with Crippen molar-refractivity contribution in [2.45, 2.75) is 15.4 Å². The highest BCUT2D eigenvalue weighted by molar-refractivity contribution is 9.39. The largest absolute Gasteiger partial charge is 0.368 e. The lowest BCUT2D eigenvalue weighted by Gasteiger charge is -2.13. The molecule has 0 saturated carbocycles. The third-order valence-electron chi connectivity index (χ3n) is 0.488. The molecule has 1 atom stereocenters. The van der Waals surface area contributed by atoms with Gasteiger partial charge < -0.3 is 9.84 Å². The van der Waals surface area contributed by atoms with Crippen LogP contribution < -0.4 is 0 Å². The minimum atomic E-state index is -0.725. The van der Waals surface area contributed by atoms with Gasteiger partial charge in [-0.15, -0.1) is 0 Å². The summed E-state index contributed by atoms with van der Waals surface area (Å²) in [4.78, 5) is 0. The maximum Gasteiger partial charge on any atom is 0.158 e. The highest BCUT2D eigenvalue weighted by Crippen LogP contribution is 2.33. The molecule has 5 heteroatoms. The molecule has 1 N–H and O–H groups in total. The first-order chi connectivity index (χ1) is 3.92. The Bertz CT molecular complexity index is 78.4. The van der Waals surface area contributed by atoms with Gasteiger partial charge in [0.2, 0.25) is 0 Å². The lowest BCUT2D eigenvalue weighted by atomic mass is 10.7. The third kappa shape index (κ3) is 9.36. The van der Waals surface area contributed by atoms with Crippen molar-refractivity contribution in [1.29, 1.82) is 0 Å². The first kappa shape index (κ1) is 10.4. The molecule has 0 aliphatic heterocycles. The minimum absolute atomic E-state index is 0.352. The highest BCUT2D eigenvalue weighted by atomic mass is 80.0. The molecule has 0 fully saturated rings. The van der Waals surface area contributed by atoms with Gasteiger partial charge in [0, 0.05) is 0 Å². The summed E-state index contributed by atoms with van der Waals surface area (Å²) in [5.74, 6) is 0. The van der Waals surface area contributed by atoms with Crippen molar-refractivity contribution >= 4 is 47.8 Å². The van der Waals surface area contributed by atoms with E-state index in [2.05, 4.69) is 47.8 Å². The van der Waals surface area contributed by atoms with Crippen LogP contribution in [0, 0.1) is 0 Å². The zero-order valence-corrected chi connectivity index (χ0v) is 9.53. The van der Waals surface area contributed by atoms with E-state index < -0.39 is 8.43 Å². The molecule has 56 valence electrons. The van der Waals surface area contributed by atoms with Crippen LogP contribution in [-0.2, 0) is 4.74 Å². The van der Waals surface area contributed by atoms with Crippen LogP contribution in [0.5, 0.6) is 0 Å². The number of alkyl halides is 3. The van der Waals surface area contributed by atoms with Crippen molar-refractivity contribution < 1.29 is 9.84 Å². The van der Waals surface area contributed by atoms with Gasteiger partial charge >= 0.3 is 0 Å². The number of aliphatic hydroxyl groups excluding tert-OH is 1. The Morgan fingerprint density at radius 2 is 2.00 bits per heavy atom. The molecule has 9 heavy (non-hydrogen) atoms. The average Bonchev–Trinajstić information content (AvgIpc) is 1.59. The van der Waals surface area contributed by atoms with Crippen LogP contribution in [0.2, 0.25) is 0 Å². The van der Waals surface area contributed by atoms with Crippen LogP contribution in [0.25, 0.3) is 0 Å². The molecule has 0 heterocycles. The molecule has 0 aromatic rings. The third-order valence-corrected chi connectivity index (χ3v) is 1.17. The molecule has 0 spiro atoms. The van der Waals surface area contributed by atoms with Gasteiger partial charge in [-0.2, -0.15) is 0 Å². The van der Waals surface area contributed by atoms with Gasteiger partial charge in [0.1, 0.15) is 0 Å². The van der Waals surface area contributed by atoms with Crippen LogP contribution in [0.4, 0.5) is 0 Å². The van der Waals surface area contributed by atoms with Gasteiger partial charge in [0.25, 0.3) is 0 Å². The fourth-order valence-electron chi connectivity index (χ4n) is 0.215. The van der Waals surface area contributed by atoms with Crippen molar-refractivity contribution in [2.24, 2.45) is 0 Å². The van der Waals surface area contributed by atoms with Crippen LogP contribution in [0.1, 0.15) is 6.92 Å². The Kier molecular flexibility index (Phi) is 4.93. The molecule has 0 radical (unpaired) electrons. The number of hydrogen-bond acceptors (Lipinski definition) is 2. The van der Waals surface area contributed by atoms with E-state index in [1.807, 2.05) is 0 Å². The molecular weight excluding hydrogens is 320 g/mol. The van der Waals surface area contributed by atoms with E-state index >= 15 is 0 Å². The molecule has 0 aliphatic rings. The van der Waals surface area contributed by atoms with Crippen molar-refractivity contribution in [1.82, 2.24) is 0 Å². The summed E-state index contributed by atoms with van der Waals surface area (Å²) in [7, 11) is 0. The summed E-state index contributed by atoms with van der Waals surface area (Å²) in [6, 6.07) is 0. The first-order valence-corrected chi connectivity index (χ1v) is 4.66. The molecular formula is C4H7Br3O2.